The first-order chi connectivity index (χ1) is 17.0. The van der Waals surface area contributed by atoms with Gasteiger partial charge < -0.3 is 20.0 Å². The zero-order chi connectivity index (χ0) is 24.4. The van der Waals surface area contributed by atoms with Crippen molar-refractivity contribution in [2.24, 2.45) is 5.92 Å². The first-order valence-corrected chi connectivity index (χ1v) is 12.5. The standard InChI is InChI=1S/C28H33N5O2/c1-20-18-27(30-26-9-8-23(19-25(20)26)29-21(2)34)32-12-10-22(11-13-32)28(35)33-16-14-31(15-17-33)24-6-4-3-5-7-24/h3-9,18-19,22H,10-17H2,1-2H3,(H,29,34). The van der Waals surface area contributed by atoms with Crippen molar-refractivity contribution in [3.05, 3.63) is 60.2 Å². The molecule has 0 aliphatic carbocycles. The van der Waals surface area contributed by atoms with Crippen LogP contribution < -0.4 is 15.1 Å². The smallest absolute Gasteiger partial charge is 0.225 e. The van der Waals surface area contributed by atoms with E-state index in [1.807, 2.05) is 24.3 Å². The number of hydrogen-bond donors (Lipinski definition) is 1. The van der Waals surface area contributed by atoms with Crippen molar-refractivity contribution < 1.29 is 9.59 Å². The van der Waals surface area contributed by atoms with Crippen LogP contribution >= 0.6 is 0 Å². The van der Waals surface area contributed by atoms with Crippen LogP contribution in [0.5, 0.6) is 0 Å². The van der Waals surface area contributed by atoms with Gasteiger partial charge in [-0.1, -0.05) is 18.2 Å². The highest BCUT2D eigenvalue weighted by Gasteiger charge is 2.31. The van der Waals surface area contributed by atoms with Crippen molar-refractivity contribution >= 4 is 39.9 Å². The number of anilines is 3. The number of benzene rings is 2. The number of carbonyl (C=O) groups is 2. The third kappa shape index (κ3) is 5.09. The summed E-state index contributed by atoms with van der Waals surface area (Å²) in [7, 11) is 0. The molecule has 2 aromatic carbocycles. The third-order valence-corrected chi connectivity index (χ3v) is 7.20. The van der Waals surface area contributed by atoms with Crippen molar-refractivity contribution in [3.63, 3.8) is 0 Å². The van der Waals surface area contributed by atoms with E-state index in [-0.39, 0.29) is 11.8 Å². The lowest BCUT2D eigenvalue weighted by Gasteiger charge is -2.39. The number of piperidine rings is 1. The Morgan fingerprint density at radius 2 is 1.60 bits per heavy atom. The van der Waals surface area contributed by atoms with E-state index in [1.54, 1.807) is 0 Å². The zero-order valence-corrected chi connectivity index (χ0v) is 20.5. The van der Waals surface area contributed by atoms with Gasteiger partial charge in [-0.3, -0.25) is 9.59 Å². The van der Waals surface area contributed by atoms with E-state index in [2.05, 4.69) is 57.3 Å². The molecular weight excluding hydrogens is 438 g/mol. The third-order valence-electron chi connectivity index (χ3n) is 7.20. The number of nitrogens with zero attached hydrogens (tertiary/aromatic N) is 4. The molecule has 35 heavy (non-hydrogen) atoms. The van der Waals surface area contributed by atoms with Crippen molar-refractivity contribution in [3.8, 4) is 0 Å². The van der Waals surface area contributed by atoms with Crippen molar-refractivity contribution in [2.75, 3.05) is 54.4 Å². The van der Waals surface area contributed by atoms with Crippen LogP contribution in [0.15, 0.2) is 54.6 Å². The average molecular weight is 472 g/mol. The largest absolute Gasteiger partial charge is 0.368 e. The lowest BCUT2D eigenvalue weighted by molar-refractivity contribution is -0.136. The normalized spacial score (nSPS) is 17.0. The Morgan fingerprint density at radius 1 is 0.886 bits per heavy atom. The predicted octanol–water partition coefficient (Wildman–Crippen LogP) is 4.07. The minimum Gasteiger partial charge on any atom is -0.368 e. The number of rotatable bonds is 4. The van der Waals surface area contributed by atoms with Gasteiger partial charge in [-0.15, -0.1) is 0 Å². The van der Waals surface area contributed by atoms with Gasteiger partial charge in [0.25, 0.3) is 0 Å². The summed E-state index contributed by atoms with van der Waals surface area (Å²) in [6.07, 6.45) is 1.72. The SMILES string of the molecule is CC(=O)Nc1ccc2nc(N3CCC(C(=O)N4CCN(c5ccccc5)CC4)CC3)cc(C)c2c1. The maximum absolute atomic E-state index is 13.2. The molecule has 3 aromatic rings. The molecule has 2 amide bonds. The minimum atomic E-state index is -0.0814. The van der Waals surface area contributed by atoms with E-state index >= 15 is 0 Å². The fourth-order valence-corrected chi connectivity index (χ4v) is 5.26. The van der Waals surface area contributed by atoms with Crippen LogP contribution in [0.25, 0.3) is 10.9 Å². The average Bonchev–Trinajstić information content (AvgIpc) is 2.89. The molecule has 2 aliphatic heterocycles. The Kier molecular flexibility index (Phi) is 6.57. The summed E-state index contributed by atoms with van der Waals surface area (Å²) < 4.78 is 0. The number of aryl methyl sites for hydroxylation is 1. The van der Waals surface area contributed by atoms with Gasteiger partial charge in [-0.25, -0.2) is 4.98 Å². The van der Waals surface area contributed by atoms with Gasteiger partial charge in [0.1, 0.15) is 5.82 Å². The molecule has 3 heterocycles. The molecule has 182 valence electrons. The number of aromatic nitrogens is 1. The van der Waals surface area contributed by atoms with Gasteiger partial charge in [-0.2, -0.15) is 0 Å². The summed E-state index contributed by atoms with van der Waals surface area (Å²) in [5, 5.41) is 3.88. The molecule has 1 N–H and O–H groups in total. The quantitative estimate of drug-likeness (QED) is 0.621. The number of hydrogen-bond acceptors (Lipinski definition) is 5. The molecule has 0 unspecified atom stereocenters. The Labute approximate surface area is 206 Å². The first-order valence-electron chi connectivity index (χ1n) is 12.5. The molecule has 2 aliphatic rings. The maximum atomic E-state index is 13.2. The second kappa shape index (κ2) is 9.94. The van der Waals surface area contributed by atoms with E-state index in [0.29, 0.717) is 5.91 Å². The summed E-state index contributed by atoms with van der Waals surface area (Å²) in [5.41, 5.74) is 4.07. The van der Waals surface area contributed by atoms with Crippen LogP contribution in [0.3, 0.4) is 0 Å². The van der Waals surface area contributed by atoms with Crippen LogP contribution in [-0.2, 0) is 9.59 Å². The molecule has 1 aromatic heterocycles. The first kappa shape index (κ1) is 23.1. The lowest BCUT2D eigenvalue weighted by atomic mass is 9.94. The van der Waals surface area contributed by atoms with E-state index in [0.717, 1.165) is 80.1 Å². The number of fused-ring (bicyclic) bond motifs is 1. The lowest BCUT2D eigenvalue weighted by Crippen LogP contribution is -2.51. The van der Waals surface area contributed by atoms with Crippen LogP contribution in [0, 0.1) is 12.8 Å². The molecule has 0 spiro atoms. The van der Waals surface area contributed by atoms with E-state index in [4.69, 9.17) is 4.98 Å². The van der Waals surface area contributed by atoms with E-state index in [1.165, 1.54) is 12.6 Å². The highest BCUT2D eigenvalue weighted by molar-refractivity contribution is 5.93. The Balaban J connectivity index is 1.18. The Bertz CT molecular complexity index is 1210. The van der Waals surface area contributed by atoms with Gasteiger partial charge in [-0.05, 0) is 61.7 Å². The second-order valence-electron chi connectivity index (χ2n) is 9.62. The van der Waals surface area contributed by atoms with Crippen LogP contribution in [0.2, 0.25) is 0 Å². The van der Waals surface area contributed by atoms with Gasteiger partial charge >= 0.3 is 0 Å². The second-order valence-corrected chi connectivity index (χ2v) is 9.62. The summed E-state index contributed by atoms with van der Waals surface area (Å²) in [6.45, 7) is 8.62. The van der Waals surface area contributed by atoms with Gasteiger partial charge in [0.2, 0.25) is 11.8 Å². The fourth-order valence-electron chi connectivity index (χ4n) is 5.26. The highest BCUT2D eigenvalue weighted by atomic mass is 16.2. The van der Waals surface area contributed by atoms with Gasteiger partial charge in [0.15, 0.2) is 0 Å². The van der Waals surface area contributed by atoms with Crippen molar-refractivity contribution in [1.82, 2.24) is 9.88 Å². The number of piperazine rings is 1. The topological polar surface area (TPSA) is 68.8 Å². The highest BCUT2D eigenvalue weighted by Crippen LogP contribution is 2.29. The van der Waals surface area contributed by atoms with Gasteiger partial charge in [0, 0.05) is 68.9 Å². The monoisotopic (exact) mass is 471 g/mol. The number of para-hydroxylation sites is 1. The Morgan fingerprint density at radius 3 is 2.29 bits per heavy atom. The molecule has 0 radical (unpaired) electrons. The van der Waals surface area contributed by atoms with Crippen LogP contribution in [0.4, 0.5) is 17.2 Å². The summed E-state index contributed by atoms with van der Waals surface area (Å²) in [5.74, 6) is 1.29. The number of carbonyl (C=O) groups excluding carboxylic acids is 2. The van der Waals surface area contributed by atoms with Gasteiger partial charge in [0.05, 0.1) is 5.52 Å². The Hall–Kier alpha value is -3.61. The fraction of sp³-hybridized carbons (Fsp3) is 0.393. The molecule has 0 atom stereocenters. The summed E-state index contributed by atoms with van der Waals surface area (Å²) >= 11 is 0. The van der Waals surface area contributed by atoms with Crippen molar-refractivity contribution in [2.45, 2.75) is 26.7 Å². The minimum absolute atomic E-state index is 0.0814. The number of amides is 2. The van der Waals surface area contributed by atoms with E-state index in [9.17, 15) is 9.59 Å². The molecule has 2 fully saturated rings. The maximum Gasteiger partial charge on any atom is 0.225 e. The summed E-state index contributed by atoms with van der Waals surface area (Å²) in [4.78, 5) is 36.2. The molecular formula is C28H33N5O2. The van der Waals surface area contributed by atoms with Crippen LogP contribution in [-0.4, -0.2) is 61.0 Å². The van der Waals surface area contributed by atoms with Crippen molar-refractivity contribution in [1.29, 1.82) is 0 Å². The number of nitrogens with one attached hydrogen (secondary N) is 1. The molecule has 7 nitrogen and oxygen atoms in total. The predicted molar refractivity (Wildman–Crippen MR) is 141 cm³/mol. The molecule has 0 bridgehead atoms. The molecule has 7 heteroatoms. The number of pyridine rings is 1. The van der Waals surface area contributed by atoms with Crippen LogP contribution in [0.1, 0.15) is 25.3 Å². The molecule has 5 rings (SSSR count). The molecule has 0 saturated carbocycles. The zero-order valence-electron chi connectivity index (χ0n) is 20.5. The molecule has 2 saturated heterocycles. The van der Waals surface area contributed by atoms with E-state index < -0.39 is 0 Å². The summed E-state index contributed by atoms with van der Waals surface area (Å²) in [6, 6.07) is 18.4.